The molecule has 0 aliphatic carbocycles. The fourth-order valence-corrected chi connectivity index (χ4v) is 5.43. The molecule has 0 radical (unpaired) electrons. The van der Waals surface area contributed by atoms with Crippen LogP contribution in [0.4, 0.5) is 11.4 Å². The van der Waals surface area contributed by atoms with Gasteiger partial charge >= 0.3 is 5.97 Å². The zero-order valence-corrected chi connectivity index (χ0v) is 20.4. The van der Waals surface area contributed by atoms with Crippen LogP contribution in [0.3, 0.4) is 0 Å². The maximum Gasteiger partial charge on any atom is 0.339 e. The third-order valence-corrected chi connectivity index (χ3v) is 7.33. The highest BCUT2D eigenvalue weighted by Crippen LogP contribution is 2.36. The Bertz CT molecular complexity index is 1350. The van der Waals surface area contributed by atoms with E-state index in [0.29, 0.717) is 16.9 Å². The number of hydrogen-bond donors (Lipinski definition) is 1. The molecule has 182 valence electrons. The fourth-order valence-electron chi connectivity index (χ4n) is 3.66. The number of benzene rings is 3. The molecule has 10 heteroatoms. The van der Waals surface area contributed by atoms with E-state index in [0.717, 1.165) is 0 Å². The number of anilines is 2. The molecule has 35 heavy (non-hydrogen) atoms. The maximum absolute atomic E-state index is 13.3. The Kier molecular flexibility index (Phi) is 7.28. The van der Waals surface area contributed by atoms with Gasteiger partial charge in [-0.05, 0) is 42.8 Å². The van der Waals surface area contributed by atoms with Crippen molar-refractivity contribution in [1.29, 1.82) is 0 Å². The quantitative estimate of drug-likeness (QED) is 0.473. The van der Waals surface area contributed by atoms with E-state index in [2.05, 4.69) is 5.32 Å². The molecule has 4 rings (SSSR count). The molecule has 3 aromatic rings. The molecule has 0 bridgehead atoms. The first kappa shape index (κ1) is 24.6. The second-order valence-electron chi connectivity index (χ2n) is 7.75. The molecule has 1 heterocycles. The molecule has 1 aliphatic heterocycles. The minimum atomic E-state index is -3.82. The van der Waals surface area contributed by atoms with Crippen LogP contribution in [0.2, 0.25) is 5.02 Å². The number of sulfonamides is 1. The molecule has 0 saturated carbocycles. The first-order chi connectivity index (χ1) is 16.8. The topological polar surface area (TPSA) is 102 Å². The van der Waals surface area contributed by atoms with Gasteiger partial charge < -0.3 is 14.8 Å². The van der Waals surface area contributed by atoms with Crippen LogP contribution in [0.15, 0.2) is 72.8 Å². The minimum absolute atomic E-state index is 0.105. The van der Waals surface area contributed by atoms with E-state index in [1.54, 1.807) is 55.5 Å². The summed E-state index contributed by atoms with van der Waals surface area (Å²) in [6, 6.07) is 19.9. The zero-order chi connectivity index (χ0) is 25.0. The molecular weight excluding hydrogens is 492 g/mol. The van der Waals surface area contributed by atoms with Crippen molar-refractivity contribution in [2.75, 3.05) is 22.8 Å². The molecule has 1 atom stereocenters. The van der Waals surface area contributed by atoms with Gasteiger partial charge in [0.25, 0.3) is 5.91 Å². The normalized spacial score (nSPS) is 15.0. The number of nitrogens with zero attached hydrogens (tertiary/aromatic N) is 1. The lowest BCUT2D eigenvalue weighted by Crippen LogP contribution is -2.49. The molecule has 1 aliphatic rings. The van der Waals surface area contributed by atoms with Gasteiger partial charge in [0.2, 0.25) is 10.0 Å². The summed E-state index contributed by atoms with van der Waals surface area (Å²) in [4.78, 5) is 25.2. The lowest BCUT2D eigenvalue weighted by Gasteiger charge is -2.34. The second-order valence-corrected chi connectivity index (χ2v) is 10.1. The van der Waals surface area contributed by atoms with Crippen LogP contribution in [0.25, 0.3) is 0 Å². The first-order valence-corrected chi connectivity index (χ1v) is 12.8. The average molecular weight is 515 g/mol. The lowest BCUT2D eigenvalue weighted by molar-refractivity contribution is -0.122. The predicted octanol–water partition coefficient (Wildman–Crippen LogP) is 4.25. The highest BCUT2D eigenvalue weighted by Gasteiger charge is 2.36. The lowest BCUT2D eigenvalue weighted by atomic mass is 10.2. The number of para-hydroxylation sites is 2. The minimum Gasteiger partial charge on any atom is -0.476 e. The number of halogens is 1. The van der Waals surface area contributed by atoms with Gasteiger partial charge in [-0.2, -0.15) is 0 Å². The Morgan fingerprint density at radius 2 is 1.80 bits per heavy atom. The molecule has 3 aromatic carbocycles. The summed E-state index contributed by atoms with van der Waals surface area (Å²) in [5.74, 6) is -1.14. The molecule has 0 aromatic heterocycles. The number of rotatable bonds is 7. The molecule has 0 unspecified atom stereocenters. The van der Waals surface area contributed by atoms with E-state index >= 15 is 0 Å². The Balaban J connectivity index is 1.58. The predicted molar refractivity (Wildman–Crippen MR) is 133 cm³/mol. The Morgan fingerprint density at radius 1 is 1.09 bits per heavy atom. The van der Waals surface area contributed by atoms with Gasteiger partial charge in [0.05, 0.1) is 35.2 Å². The van der Waals surface area contributed by atoms with Gasteiger partial charge in [0, 0.05) is 5.69 Å². The third-order valence-electron chi connectivity index (χ3n) is 5.28. The monoisotopic (exact) mass is 514 g/mol. The number of fused-ring (bicyclic) bond motifs is 1. The zero-order valence-electron chi connectivity index (χ0n) is 18.8. The van der Waals surface area contributed by atoms with Gasteiger partial charge in [-0.3, -0.25) is 9.10 Å². The number of hydrogen-bond acceptors (Lipinski definition) is 6. The number of carbonyl (C=O) groups excluding carboxylic acids is 2. The molecular formula is C25H23ClN2O6S. The molecule has 8 nitrogen and oxygen atoms in total. The van der Waals surface area contributed by atoms with Crippen LogP contribution in [-0.2, 0) is 25.3 Å². The van der Waals surface area contributed by atoms with Crippen molar-refractivity contribution < 1.29 is 27.5 Å². The SMILES string of the molecule is CCOC(=O)c1cc(NC(=O)[C@@H]2CN(S(=O)(=O)Cc3ccccc3)c3ccccc3O2)ccc1Cl. The Labute approximate surface area is 208 Å². The summed E-state index contributed by atoms with van der Waals surface area (Å²) in [6.07, 6.45) is -1.13. The van der Waals surface area contributed by atoms with Gasteiger partial charge in [0.1, 0.15) is 5.75 Å². The standard InChI is InChI=1S/C25H23ClN2O6S/c1-2-33-25(30)19-14-18(12-13-20(19)26)27-24(29)23-15-28(21-10-6-7-11-22(21)34-23)35(31,32)16-17-8-4-3-5-9-17/h3-14,23H,2,15-16H2,1H3,(H,27,29)/t23-/m0/s1. The smallest absolute Gasteiger partial charge is 0.339 e. The molecule has 1 N–H and O–H groups in total. The van der Waals surface area contributed by atoms with Crippen LogP contribution in [-0.4, -0.2) is 39.5 Å². The van der Waals surface area contributed by atoms with Crippen molar-refractivity contribution in [3.63, 3.8) is 0 Å². The number of esters is 1. The summed E-state index contributed by atoms with van der Waals surface area (Å²) in [5.41, 5.74) is 1.39. The Morgan fingerprint density at radius 3 is 2.54 bits per heavy atom. The summed E-state index contributed by atoms with van der Waals surface area (Å²) in [6.45, 7) is 1.64. The maximum atomic E-state index is 13.3. The molecule has 0 fully saturated rings. The fraction of sp³-hybridized carbons (Fsp3) is 0.200. The number of amides is 1. The van der Waals surface area contributed by atoms with E-state index in [4.69, 9.17) is 21.1 Å². The second kappa shape index (κ2) is 10.4. The van der Waals surface area contributed by atoms with E-state index in [9.17, 15) is 18.0 Å². The van der Waals surface area contributed by atoms with Gasteiger partial charge in [-0.15, -0.1) is 0 Å². The van der Waals surface area contributed by atoms with Crippen LogP contribution in [0.1, 0.15) is 22.8 Å². The van der Waals surface area contributed by atoms with Crippen molar-refractivity contribution in [2.24, 2.45) is 0 Å². The van der Waals surface area contributed by atoms with Crippen LogP contribution in [0.5, 0.6) is 5.75 Å². The molecule has 0 saturated heterocycles. The van der Waals surface area contributed by atoms with E-state index in [1.807, 2.05) is 6.07 Å². The molecule has 1 amide bonds. The van der Waals surface area contributed by atoms with Crippen molar-refractivity contribution in [3.8, 4) is 5.75 Å². The van der Waals surface area contributed by atoms with E-state index in [-0.39, 0.29) is 35.2 Å². The summed E-state index contributed by atoms with van der Waals surface area (Å²) in [7, 11) is -3.82. The summed E-state index contributed by atoms with van der Waals surface area (Å²) >= 11 is 6.09. The van der Waals surface area contributed by atoms with Crippen LogP contribution in [0, 0.1) is 0 Å². The first-order valence-electron chi connectivity index (χ1n) is 10.9. The van der Waals surface area contributed by atoms with Gasteiger partial charge in [0.15, 0.2) is 6.10 Å². The number of carbonyl (C=O) groups is 2. The Hall–Kier alpha value is -3.56. The van der Waals surface area contributed by atoms with Gasteiger partial charge in [-0.1, -0.05) is 54.1 Å². The van der Waals surface area contributed by atoms with E-state index in [1.165, 1.54) is 22.5 Å². The number of nitrogens with one attached hydrogen (secondary N) is 1. The highest BCUT2D eigenvalue weighted by atomic mass is 35.5. The average Bonchev–Trinajstić information content (AvgIpc) is 2.85. The van der Waals surface area contributed by atoms with Crippen LogP contribution >= 0.6 is 11.6 Å². The van der Waals surface area contributed by atoms with Crippen molar-refractivity contribution >= 4 is 44.9 Å². The summed E-state index contributed by atoms with van der Waals surface area (Å²) in [5, 5.41) is 2.86. The van der Waals surface area contributed by atoms with E-state index < -0.39 is 28.0 Å². The molecule has 0 spiro atoms. The summed E-state index contributed by atoms with van der Waals surface area (Å²) < 4.78 is 38.7. The largest absolute Gasteiger partial charge is 0.476 e. The van der Waals surface area contributed by atoms with Crippen molar-refractivity contribution in [3.05, 3.63) is 88.9 Å². The van der Waals surface area contributed by atoms with Crippen LogP contribution < -0.4 is 14.4 Å². The number of ether oxygens (including phenoxy) is 2. The third kappa shape index (κ3) is 5.58. The van der Waals surface area contributed by atoms with Crippen molar-refractivity contribution in [2.45, 2.75) is 18.8 Å². The highest BCUT2D eigenvalue weighted by molar-refractivity contribution is 7.92. The van der Waals surface area contributed by atoms with Crippen molar-refractivity contribution in [1.82, 2.24) is 0 Å². The van der Waals surface area contributed by atoms with Gasteiger partial charge in [-0.25, -0.2) is 13.2 Å².